The topological polar surface area (TPSA) is 83.8 Å². The Hall–Kier alpha value is -2.36. The fourth-order valence-corrected chi connectivity index (χ4v) is 4.72. The summed E-state index contributed by atoms with van der Waals surface area (Å²) in [6.07, 6.45) is 0. The highest BCUT2D eigenvalue weighted by Gasteiger charge is 2.32. The first-order chi connectivity index (χ1) is 12.8. The van der Waals surface area contributed by atoms with E-state index in [2.05, 4.69) is 4.90 Å². The molecule has 2 aromatic rings. The Balaban J connectivity index is 1.71. The highest BCUT2D eigenvalue weighted by molar-refractivity contribution is 7.89. The van der Waals surface area contributed by atoms with Crippen molar-refractivity contribution in [1.29, 1.82) is 0 Å². The van der Waals surface area contributed by atoms with Crippen LogP contribution >= 0.6 is 0 Å². The second kappa shape index (κ2) is 7.71. The molecule has 2 aromatic carbocycles. The predicted octanol–water partition coefficient (Wildman–Crippen LogP) is 2.80. The van der Waals surface area contributed by atoms with E-state index in [1.807, 2.05) is 13.0 Å². The van der Waals surface area contributed by atoms with Gasteiger partial charge < -0.3 is 0 Å². The maximum absolute atomic E-state index is 13.9. The molecule has 3 rings (SSSR count). The largest absolute Gasteiger partial charge is 0.294 e. The molecule has 0 aliphatic carbocycles. The van der Waals surface area contributed by atoms with Crippen LogP contribution in [-0.4, -0.2) is 48.7 Å². The van der Waals surface area contributed by atoms with E-state index < -0.39 is 20.8 Å². The third-order valence-electron chi connectivity index (χ3n) is 4.84. The van der Waals surface area contributed by atoms with Gasteiger partial charge in [-0.3, -0.25) is 15.0 Å². The number of piperazine rings is 1. The molecule has 0 aromatic heterocycles. The number of halogens is 1. The van der Waals surface area contributed by atoms with Crippen LogP contribution in [0.5, 0.6) is 0 Å². The second-order valence-electron chi connectivity index (χ2n) is 6.40. The SMILES string of the molecule is CC(c1cccc([N+](=O)[O-])c1)N1CCN(S(=O)(=O)c2ccccc2F)CC1. The van der Waals surface area contributed by atoms with Gasteiger partial charge >= 0.3 is 0 Å². The zero-order valence-corrected chi connectivity index (χ0v) is 15.6. The lowest BCUT2D eigenvalue weighted by Gasteiger charge is -2.37. The Morgan fingerprint density at radius 3 is 2.37 bits per heavy atom. The van der Waals surface area contributed by atoms with Crippen LogP contribution in [0.4, 0.5) is 10.1 Å². The van der Waals surface area contributed by atoms with Gasteiger partial charge in [0.25, 0.3) is 5.69 Å². The van der Waals surface area contributed by atoms with Crippen molar-refractivity contribution in [3.05, 3.63) is 70.0 Å². The van der Waals surface area contributed by atoms with Gasteiger partial charge in [-0.1, -0.05) is 24.3 Å². The van der Waals surface area contributed by atoms with E-state index in [9.17, 15) is 22.9 Å². The minimum absolute atomic E-state index is 0.0279. The van der Waals surface area contributed by atoms with Crippen molar-refractivity contribution in [3.63, 3.8) is 0 Å². The highest BCUT2D eigenvalue weighted by Crippen LogP contribution is 2.27. The summed E-state index contributed by atoms with van der Waals surface area (Å²) in [5, 5.41) is 11.0. The van der Waals surface area contributed by atoms with E-state index in [1.54, 1.807) is 6.07 Å². The van der Waals surface area contributed by atoms with Gasteiger partial charge in [0.2, 0.25) is 10.0 Å². The highest BCUT2D eigenvalue weighted by atomic mass is 32.2. The van der Waals surface area contributed by atoms with Crippen molar-refractivity contribution >= 4 is 15.7 Å². The third kappa shape index (κ3) is 4.00. The zero-order chi connectivity index (χ0) is 19.6. The van der Waals surface area contributed by atoms with Gasteiger partial charge in [0.05, 0.1) is 4.92 Å². The summed E-state index contributed by atoms with van der Waals surface area (Å²) >= 11 is 0. The van der Waals surface area contributed by atoms with Gasteiger partial charge in [-0.05, 0) is 24.6 Å². The van der Waals surface area contributed by atoms with Gasteiger partial charge in [-0.25, -0.2) is 12.8 Å². The van der Waals surface area contributed by atoms with Crippen molar-refractivity contribution in [2.75, 3.05) is 26.2 Å². The number of hydrogen-bond donors (Lipinski definition) is 0. The van der Waals surface area contributed by atoms with E-state index in [0.29, 0.717) is 13.1 Å². The molecule has 1 fully saturated rings. The van der Waals surface area contributed by atoms with Crippen LogP contribution in [0, 0.1) is 15.9 Å². The van der Waals surface area contributed by atoms with E-state index in [1.165, 1.54) is 34.6 Å². The maximum atomic E-state index is 13.9. The molecule has 0 radical (unpaired) electrons. The van der Waals surface area contributed by atoms with Crippen LogP contribution in [0.15, 0.2) is 53.4 Å². The molecule has 1 heterocycles. The molecule has 1 aliphatic heterocycles. The quantitative estimate of drug-likeness (QED) is 0.576. The number of benzene rings is 2. The van der Waals surface area contributed by atoms with Gasteiger partial charge in [-0.2, -0.15) is 4.31 Å². The molecule has 7 nitrogen and oxygen atoms in total. The van der Waals surface area contributed by atoms with Crippen LogP contribution < -0.4 is 0 Å². The molecule has 9 heteroatoms. The summed E-state index contributed by atoms with van der Waals surface area (Å²) in [5.74, 6) is -0.759. The Labute approximate surface area is 157 Å². The lowest BCUT2D eigenvalue weighted by atomic mass is 10.1. The molecule has 27 heavy (non-hydrogen) atoms. The smallest absolute Gasteiger partial charge is 0.269 e. The fraction of sp³-hybridized carbons (Fsp3) is 0.333. The molecule has 0 N–H and O–H groups in total. The van der Waals surface area contributed by atoms with E-state index in [-0.39, 0.29) is 29.7 Å². The van der Waals surface area contributed by atoms with E-state index >= 15 is 0 Å². The number of non-ortho nitro benzene ring substituents is 1. The molecule has 1 aliphatic rings. The van der Waals surface area contributed by atoms with Crippen molar-refractivity contribution in [1.82, 2.24) is 9.21 Å². The second-order valence-corrected chi connectivity index (χ2v) is 8.30. The summed E-state index contributed by atoms with van der Waals surface area (Å²) in [6, 6.07) is 11.7. The maximum Gasteiger partial charge on any atom is 0.269 e. The predicted molar refractivity (Wildman–Crippen MR) is 98.2 cm³/mol. The first-order valence-corrected chi connectivity index (χ1v) is 9.98. The van der Waals surface area contributed by atoms with E-state index in [0.717, 1.165) is 11.6 Å². The van der Waals surface area contributed by atoms with Crippen LogP contribution in [0.2, 0.25) is 0 Å². The molecular weight excluding hydrogens is 373 g/mol. The van der Waals surface area contributed by atoms with Crippen LogP contribution in [0.25, 0.3) is 0 Å². The first-order valence-electron chi connectivity index (χ1n) is 8.54. The molecule has 1 saturated heterocycles. The van der Waals surface area contributed by atoms with Gasteiger partial charge in [0.15, 0.2) is 0 Å². The van der Waals surface area contributed by atoms with Crippen molar-refractivity contribution in [2.24, 2.45) is 0 Å². The molecule has 1 unspecified atom stereocenters. The zero-order valence-electron chi connectivity index (χ0n) is 14.8. The lowest BCUT2D eigenvalue weighted by molar-refractivity contribution is -0.385. The third-order valence-corrected chi connectivity index (χ3v) is 6.77. The fourth-order valence-electron chi connectivity index (χ4n) is 3.23. The van der Waals surface area contributed by atoms with E-state index in [4.69, 9.17) is 0 Å². The lowest BCUT2D eigenvalue weighted by Crippen LogP contribution is -2.49. The Bertz CT molecular complexity index is 943. The first kappa shape index (κ1) is 19.4. The molecule has 144 valence electrons. The van der Waals surface area contributed by atoms with Crippen LogP contribution in [0.1, 0.15) is 18.5 Å². The molecule has 0 spiro atoms. The van der Waals surface area contributed by atoms with Gasteiger partial charge in [-0.15, -0.1) is 0 Å². The summed E-state index contributed by atoms with van der Waals surface area (Å²) < 4.78 is 40.5. The molecule has 0 bridgehead atoms. The monoisotopic (exact) mass is 393 g/mol. The Morgan fingerprint density at radius 1 is 1.07 bits per heavy atom. The summed E-state index contributed by atoms with van der Waals surface area (Å²) in [4.78, 5) is 12.3. The van der Waals surface area contributed by atoms with Gasteiger partial charge in [0.1, 0.15) is 10.7 Å². The molecule has 0 saturated carbocycles. The Kier molecular flexibility index (Phi) is 5.54. The number of hydrogen-bond acceptors (Lipinski definition) is 5. The molecule has 1 atom stereocenters. The summed E-state index contributed by atoms with van der Waals surface area (Å²) in [7, 11) is -3.88. The van der Waals surface area contributed by atoms with Crippen molar-refractivity contribution in [3.8, 4) is 0 Å². The number of sulfonamides is 1. The number of nitro groups is 1. The van der Waals surface area contributed by atoms with Crippen LogP contribution in [-0.2, 0) is 10.0 Å². The number of nitro benzene ring substituents is 1. The van der Waals surface area contributed by atoms with Gasteiger partial charge in [0, 0.05) is 44.4 Å². The van der Waals surface area contributed by atoms with Crippen molar-refractivity contribution in [2.45, 2.75) is 17.9 Å². The summed E-state index contributed by atoms with van der Waals surface area (Å²) in [6.45, 7) is 3.31. The molecular formula is C18H20FN3O4S. The summed E-state index contributed by atoms with van der Waals surface area (Å²) in [5.41, 5.74) is 0.828. The normalized spacial score (nSPS) is 17.6. The average Bonchev–Trinajstić information content (AvgIpc) is 2.68. The average molecular weight is 393 g/mol. The minimum atomic E-state index is -3.88. The molecule has 0 amide bonds. The minimum Gasteiger partial charge on any atom is -0.294 e. The van der Waals surface area contributed by atoms with Crippen molar-refractivity contribution < 1.29 is 17.7 Å². The standard InChI is InChI=1S/C18H20FN3O4S/c1-14(15-5-4-6-16(13-15)22(23)24)20-9-11-21(12-10-20)27(25,26)18-8-3-2-7-17(18)19/h2-8,13-14H,9-12H2,1H3. The van der Waals surface area contributed by atoms with Crippen LogP contribution in [0.3, 0.4) is 0 Å². The number of nitrogens with zero attached hydrogens (tertiary/aromatic N) is 3. The number of rotatable bonds is 5. The Morgan fingerprint density at radius 2 is 1.74 bits per heavy atom.